The lowest BCUT2D eigenvalue weighted by molar-refractivity contribution is 0.0937. The zero-order chi connectivity index (χ0) is 14.7. The summed E-state index contributed by atoms with van der Waals surface area (Å²) in [6, 6.07) is 5.64. The van der Waals surface area contributed by atoms with Crippen molar-refractivity contribution in [3.63, 3.8) is 0 Å². The van der Waals surface area contributed by atoms with Crippen molar-refractivity contribution in [2.45, 2.75) is 19.8 Å². The highest BCUT2D eigenvalue weighted by Gasteiger charge is 2.18. The maximum Gasteiger partial charge on any atom is 0.251 e. The van der Waals surface area contributed by atoms with Crippen molar-refractivity contribution in [3.8, 4) is 0 Å². The molecular weight excluding hydrogens is 264 g/mol. The molecule has 5 nitrogen and oxygen atoms in total. The fraction of sp³-hybridized carbons (Fsp3) is 0.500. The van der Waals surface area contributed by atoms with Gasteiger partial charge in [-0.3, -0.25) is 9.89 Å². The summed E-state index contributed by atoms with van der Waals surface area (Å²) in [6.07, 6.45) is 4.11. The normalized spacial score (nSPS) is 17.2. The molecule has 0 radical (unpaired) electrons. The van der Waals surface area contributed by atoms with E-state index in [2.05, 4.69) is 27.3 Å². The highest BCUT2D eigenvalue weighted by molar-refractivity contribution is 5.97. The van der Waals surface area contributed by atoms with E-state index < -0.39 is 0 Å². The summed E-state index contributed by atoms with van der Waals surface area (Å²) < 4.78 is 0. The van der Waals surface area contributed by atoms with Crippen LogP contribution in [0.15, 0.2) is 24.4 Å². The number of hydrogen-bond donors (Lipinski definition) is 2. The number of carbonyl (C=O) groups excluding carboxylic acids is 1. The third-order valence-electron chi connectivity index (χ3n) is 4.41. The second kappa shape index (κ2) is 6.26. The molecule has 2 aromatic rings. The van der Waals surface area contributed by atoms with E-state index in [0.717, 1.165) is 37.1 Å². The average Bonchev–Trinajstić information content (AvgIpc) is 3.00. The summed E-state index contributed by atoms with van der Waals surface area (Å²) >= 11 is 0. The number of carbonyl (C=O) groups is 1. The van der Waals surface area contributed by atoms with Gasteiger partial charge in [0.25, 0.3) is 5.91 Å². The van der Waals surface area contributed by atoms with E-state index in [4.69, 9.17) is 0 Å². The number of H-pyrrole nitrogens is 1. The first-order chi connectivity index (χ1) is 10.3. The molecule has 3 rings (SSSR count). The first kappa shape index (κ1) is 14.1. The molecule has 1 fully saturated rings. The van der Waals surface area contributed by atoms with Crippen LogP contribution in [0.3, 0.4) is 0 Å². The summed E-state index contributed by atoms with van der Waals surface area (Å²) in [5.74, 6) is 0.608. The Morgan fingerprint density at radius 1 is 1.43 bits per heavy atom. The third kappa shape index (κ3) is 3.24. The molecule has 1 saturated heterocycles. The smallest absolute Gasteiger partial charge is 0.251 e. The predicted octanol–water partition coefficient (Wildman–Crippen LogP) is 2.02. The number of nitrogens with one attached hydrogen (secondary N) is 2. The average molecular weight is 286 g/mol. The van der Waals surface area contributed by atoms with Crippen molar-refractivity contribution in [1.82, 2.24) is 20.4 Å². The Morgan fingerprint density at radius 2 is 2.24 bits per heavy atom. The van der Waals surface area contributed by atoms with Crippen LogP contribution in [0.25, 0.3) is 10.9 Å². The van der Waals surface area contributed by atoms with Gasteiger partial charge in [0.15, 0.2) is 0 Å². The van der Waals surface area contributed by atoms with Gasteiger partial charge >= 0.3 is 0 Å². The number of hydrogen-bond acceptors (Lipinski definition) is 3. The summed E-state index contributed by atoms with van der Waals surface area (Å²) in [4.78, 5) is 14.7. The van der Waals surface area contributed by atoms with E-state index in [1.807, 2.05) is 18.2 Å². The minimum Gasteiger partial charge on any atom is -0.352 e. The lowest BCUT2D eigenvalue weighted by atomic mass is 9.96. The van der Waals surface area contributed by atoms with Gasteiger partial charge in [0, 0.05) is 17.5 Å². The Morgan fingerprint density at radius 3 is 3.00 bits per heavy atom. The summed E-state index contributed by atoms with van der Waals surface area (Å²) in [6.45, 7) is 6.41. The van der Waals surface area contributed by atoms with Gasteiger partial charge in [-0.1, -0.05) is 13.0 Å². The zero-order valence-electron chi connectivity index (χ0n) is 12.4. The Balaban J connectivity index is 1.54. The van der Waals surface area contributed by atoms with Crippen LogP contribution in [-0.2, 0) is 0 Å². The highest BCUT2D eigenvalue weighted by Crippen LogP contribution is 2.16. The summed E-state index contributed by atoms with van der Waals surface area (Å²) in [5.41, 5.74) is 1.59. The molecule has 5 heteroatoms. The molecule has 0 bridgehead atoms. The Bertz CT molecular complexity index is 614. The van der Waals surface area contributed by atoms with E-state index in [1.54, 1.807) is 6.20 Å². The number of piperidine rings is 1. The first-order valence-electron chi connectivity index (χ1n) is 7.70. The Hall–Kier alpha value is -1.88. The van der Waals surface area contributed by atoms with Gasteiger partial charge < -0.3 is 10.2 Å². The molecule has 21 heavy (non-hydrogen) atoms. The Labute approximate surface area is 124 Å². The lowest BCUT2D eigenvalue weighted by Crippen LogP contribution is -2.38. The SMILES string of the molecule is CCN1CCC(CNC(=O)c2ccc3cn[nH]c3c2)CC1. The number of aromatic nitrogens is 2. The molecule has 2 N–H and O–H groups in total. The van der Waals surface area contributed by atoms with Gasteiger partial charge in [-0.25, -0.2) is 0 Å². The van der Waals surface area contributed by atoms with Crippen molar-refractivity contribution in [2.75, 3.05) is 26.2 Å². The number of nitrogens with zero attached hydrogens (tertiary/aromatic N) is 2. The highest BCUT2D eigenvalue weighted by atomic mass is 16.1. The Kier molecular flexibility index (Phi) is 4.20. The molecule has 0 atom stereocenters. The van der Waals surface area contributed by atoms with Gasteiger partial charge in [0.05, 0.1) is 11.7 Å². The molecule has 0 aliphatic carbocycles. The summed E-state index contributed by atoms with van der Waals surface area (Å²) in [5, 5.41) is 11.0. The molecular formula is C16H22N4O. The quantitative estimate of drug-likeness (QED) is 0.904. The number of rotatable bonds is 4. The van der Waals surface area contributed by atoms with Gasteiger partial charge in [-0.2, -0.15) is 5.10 Å². The fourth-order valence-electron chi connectivity index (χ4n) is 2.92. The van der Waals surface area contributed by atoms with Crippen LogP contribution in [0, 0.1) is 5.92 Å². The molecule has 0 spiro atoms. The van der Waals surface area contributed by atoms with Crippen molar-refractivity contribution in [3.05, 3.63) is 30.0 Å². The van der Waals surface area contributed by atoms with Crippen LogP contribution in [0.5, 0.6) is 0 Å². The summed E-state index contributed by atoms with van der Waals surface area (Å²) in [7, 11) is 0. The van der Waals surface area contributed by atoms with Crippen molar-refractivity contribution in [2.24, 2.45) is 5.92 Å². The van der Waals surface area contributed by atoms with Crippen LogP contribution >= 0.6 is 0 Å². The minimum absolute atomic E-state index is 0.00409. The number of fused-ring (bicyclic) bond motifs is 1. The first-order valence-corrected chi connectivity index (χ1v) is 7.70. The van der Waals surface area contributed by atoms with Crippen LogP contribution in [-0.4, -0.2) is 47.2 Å². The lowest BCUT2D eigenvalue weighted by Gasteiger charge is -2.31. The van der Waals surface area contributed by atoms with Crippen molar-refractivity contribution >= 4 is 16.8 Å². The maximum atomic E-state index is 12.2. The minimum atomic E-state index is 0.00409. The van der Waals surface area contributed by atoms with E-state index >= 15 is 0 Å². The molecule has 1 amide bonds. The number of benzene rings is 1. The van der Waals surface area contributed by atoms with E-state index in [1.165, 1.54) is 12.8 Å². The van der Waals surface area contributed by atoms with Gasteiger partial charge in [0.1, 0.15) is 0 Å². The number of likely N-dealkylation sites (tertiary alicyclic amines) is 1. The monoisotopic (exact) mass is 286 g/mol. The molecule has 0 saturated carbocycles. The topological polar surface area (TPSA) is 61.0 Å². The molecule has 1 aliphatic rings. The maximum absolute atomic E-state index is 12.2. The molecule has 1 aromatic heterocycles. The standard InChI is InChI=1S/C16H22N4O/c1-2-20-7-5-12(6-8-20)10-17-16(21)13-3-4-14-11-18-19-15(14)9-13/h3-4,9,11-12H,2,5-8,10H2,1H3,(H,17,21)(H,18,19). The molecule has 1 aliphatic heterocycles. The molecule has 0 unspecified atom stereocenters. The van der Waals surface area contributed by atoms with E-state index in [0.29, 0.717) is 11.5 Å². The van der Waals surface area contributed by atoms with Crippen molar-refractivity contribution in [1.29, 1.82) is 0 Å². The predicted molar refractivity (Wildman–Crippen MR) is 83.3 cm³/mol. The van der Waals surface area contributed by atoms with Gasteiger partial charge in [-0.05, 0) is 50.5 Å². The molecule has 1 aromatic carbocycles. The van der Waals surface area contributed by atoms with E-state index in [-0.39, 0.29) is 5.91 Å². The number of aromatic amines is 1. The van der Waals surface area contributed by atoms with Crippen LogP contribution in [0.2, 0.25) is 0 Å². The zero-order valence-corrected chi connectivity index (χ0v) is 12.4. The van der Waals surface area contributed by atoms with Gasteiger partial charge in [0.2, 0.25) is 0 Å². The second-order valence-corrected chi connectivity index (χ2v) is 5.76. The molecule has 112 valence electrons. The molecule has 2 heterocycles. The second-order valence-electron chi connectivity index (χ2n) is 5.76. The van der Waals surface area contributed by atoms with Crippen LogP contribution in [0.1, 0.15) is 30.1 Å². The largest absolute Gasteiger partial charge is 0.352 e. The number of amides is 1. The van der Waals surface area contributed by atoms with E-state index in [9.17, 15) is 4.79 Å². The van der Waals surface area contributed by atoms with Crippen LogP contribution in [0.4, 0.5) is 0 Å². The van der Waals surface area contributed by atoms with Crippen LogP contribution < -0.4 is 5.32 Å². The van der Waals surface area contributed by atoms with Gasteiger partial charge in [-0.15, -0.1) is 0 Å². The van der Waals surface area contributed by atoms with Crippen molar-refractivity contribution < 1.29 is 4.79 Å². The fourth-order valence-corrected chi connectivity index (χ4v) is 2.92. The third-order valence-corrected chi connectivity index (χ3v) is 4.41.